The van der Waals surface area contributed by atoms with Crippen molar-refractivity contribution >= 4 is 11.9 Å². The van der Waals surface area contributed by atoms with E-state index in [0.29, 0.717) is 30.5 Å². The first-order valence-electron chi connectivity index (χ1n) is 7.51. The lowest BCUT2D eigenvalue weighted by atomic mass is 9.78. The Morgan fingerprint density at radius 1 is 1.25 bits per heavy atom. The van der Waals surface area contributed by atoms with Crippen molar-refractivity contribution in [1.82, 2.24) is 15.0 Å². The van der Waals surface area contributed by atoms with Crippen LogP contribution < -0.4 is 15.8 Å². The second kappa shape index (κ2) is 6.72. The molecule has 2 rings (SSSR count). The Kier molecular flexibility index (Phi) is 4.98. The molecule has 0 spiro atoms. The first-order valence-corrected chi connectivity index (χ1v) is 7.51. The van der Waals surface area contributed by atoms with Crippen molar-refractivity contribution in [2.75, 3.05) is 17.7 Å². The number of nitrogens with zero attached hydrogens (tertiary/aromatic N) is 3. The molecule has 0 amide bonds. The fourth-order valence-electron chi connectivity index (χ4n) is 2.65. The van der Waals surface area contributed by atoms with Crippen molar-refractivity contribution in [3.05, 3.63) is 0 Å². The maximum atomic E-state index is 5.72. The molecule has 20 heavy (non-hydrogen) atoms. The minimum atomic E-state index is 0.199. The van der Waals surface area contributed by atoms with Crippen LogP contribution in [0.5, 0.6) is 6.01 Å². The van der Waals surface area contributed by atoms with E-state index in [1.165, 1.54) is 12.8 Å². The summed E-state index contributed by atoms with van der Waals surface area (Å²) in [6.07, 6.45) is 4.58. The van der Waals surface area contributed by atoms with Gasteiger partial charge in [-0.2, -0.15) is 15.0 Å². The highest BCUT2D eigenvalue weighted by Crippen LogP contribution is 2.31. The van der Waals surface area contributed by atoms with Crippen LogP contribution in [0.4, 0.5) is 11.9 Å². The van der Waals surface area contributed by atoms with Gasteiger partial charge in [0, 0.05) is 6.04 Å². The maximum absolute atomic E-state index is 5.72. The zero-order valence-corrected chi connectivity index (χ0v) is 12.6. The van der Waals surface area contributed by atoms with Crippen LogP contribution in [-0.2, 0) is 0 Å². The summed E-state index contributed by atoms with van der Waals surface area (Å²) in [5, 5.41) is 3.40. The first-order chi connectivity index (χ1) is 9.60. The molecule has 1 aliphatic rings. The molecular weight excluding hydrogens is 254 g/mol. The summed E-state index contributed by atoms with van der Waals surface area (Å²) in [6, 6.07) is 0.693. The van der Waals surface area contributed by atoms with E-state index in [-0.39, 0.29) is 5.95 Å². The summed E-state index contributed by atoms with van der Waals surface area (Å²) in [6.45, 7) is 7.20. The highest BCUT2D eigenvalue weighted by atomic mass is 16.5. The van der Waals surface area contributed by atoms with E-state index < -0.39 is 0 Å². The third-order valence-electron chi connectivity index (χ3n) is 4.09. The average Bonchev–Trinajstić information content (AvgIpc) is 2.41. The summed E-state index contributed by atoms with van der Waals surface area (Å²) in [7, 11) is 0. The van der Waals surface area contributed by atoms with E-state index in [9.17, 15) is 0 Å². The van der Waals surface area contributed by atoms with Gasteiger partial charge >= 0.3 is 6.01 Å². The third kappa shape index (κ3) is 3.71. The Balaban J connectivity index is 2.06. The molecule has 1 aromatic heterocycles. The van der Waals surface area contributed by atoms with Crippen molar-refractivity contribution in [3.8, 4) is 6.01 Å². The molecule has 6 heteroatoms. The van der Waals surface area contributed by atoms with Gasteiger partial charge in [-0.3, -0.25) is 0 Å². The quantitative estimate of drug-likeness (QED) is 0.861. The zero-order chi connectivity index (χ0) is 14.5. The van der Waals surface area contributed by atoms with E-state index in [4.69, 9.17) is 10.5 Å². The van der Waals surface area contributed by atoms with Crippen LogP contribution in [0.15, 0.2) is 0 Å². The number of nitrogens with one attached hydrogen (secondary N) is 1. The van der Waals surface area contributed by atoms with Crippen LogP contribution in [0.1, 0.15) is 46.5 Å². The monoisotopic (exact) mass is 279 g/mol. The largest absolute Gasteiger partial charge is 0.463 e. The van der Waals surface area contributed by atoms with Gasteiger partial charge in [0.15, 0.2) is 0 Å². The second-order valence-corrected chi connectivity index (χ2v) is 5.67. The molecule has 3 unspecified atom stereocenters. The fourth-order valence-corrected chi connectivity index (χ4v) is 2.65. The average molecular weight is 279 g/mol. The second-order valence-electron chi connectivity index (χ2n) is 5.67. The van der Waals surface area contributed by atoms with Crippen LogP contribution in [0, 0.1) is 11.8 Å². The lowest BCUT2D eigenvalue weighted by Crippen LogP contribution is -2.35. The molecule has 3 N–H and O–H groups in total. The molecule has 0 bridgehead atoms. The van der Waals surface area contributed by atoms with Gasteiger partial charge in [0.1, 0.15) is 0 Å². The Morgan fingerprint density at radius 3 is 2.80 bits per heavy atom. The number of hydrogen-bond donors (Lipinski definition) is 2. The molecular formula is C14H25N5O. The normalized spacial score (nSPS) is 26.2. The first kappa shape index (κ1) is 14.8. The van der Waals surface area contributed by atoms with Crippen molar-refractivity contribution in [1.29, 1.82) is 0 Å². The summed E-state index contributed by atoms with van der Waals surface area (Å²) >= 11 is 0. The summed E-state index contributed by atoms with van der Waals surface area (Å²) < 4.78 is 5.43. The van der Waals surface area contributed by atoms with E-state index in [0.717, 1.165) is 18.8 Å². The van der Waals surface area contributed by atoms with Gasteiger partial charge in [-0.15, -0.1) is 0 Å². The summed E-state index contributed by atoms with van der Waals surface area (Å²) in [5.74, 6) is 2.04. The van der Waals surface area contributed by atoms with E-state index >= 15 is 0 Å². The third-order valence-corrected chi connectivity index (χ3v) is 4.09. The van der Waals surface area contributed by atoms with Gasteiger partial charge in [0.25, 0.3) is 0 Å². The van der Waals surface area contributed by atoms with Gasteiger partial charge in [-0.05, 0) is 24.7 Å². The fraction of sp³-hybridized carbons (Fsp3) is 0.786. The lowest BCUT2D eigenvalue weighted by Gasteiger charge is -2.34. The van der Waals surface area contributed by atoms with E-state index in [1.807, 2.05) is 6.92 Å². The van der Waals surface area contributed by atoms with Crippen molar-refractivity contribution in [3.63, 3.8) is 0 Å². The van der Waals surface area contributed by atoms with Crippen molar-refractivity contribution in [2.24, 2.45) is 11.8 Å². The van der Waals surface area contributed by atoms with Crippen molar-refractivity contribution in [2.45, 2.75) is 52.5 Å². The lowest BCUT2D eigenvalue weighted by molar-refractivity contribution is 0.252. The summed E-state index contributed by atoms with van der Waals surface area (Å²) in [5.41, 5.74) is 5.72. The van der Waals surface area contributed by atoms with Gasteiger partial charge in [0.05, 0.1) is 6.61 Å². The van der Waals surface area contributed by atoms with Crippen LogP contribution in [-0.4, -0.2) is 27.6 Å². The number of rotatable bonds is 5. The zero-order valence-electron chi connectivity index (χ0n) is 12.6. The Bertz CT molecular complexity index is 440. The van der Waals surface area contributed by atoms with Crippen LogP contribution in [0.25, 0.3) is 0 Å². The SMILES string of the molecule is CCCOc1nc(N)nc(NC2CCCC(C)C2C)n1. The molecule has 1 aromatic rings. The molecule has 3 atom stereocenters. The number of nitrogens with two attached hydrogens (primary N) is 1. The molecule has 0 aliphatic heterocycles. The predicted octanol–water partition coefficient (Wildman–Crippen LogP) is 2.48. The Labute approximate surface area is 120 Å². The molecule has 6 nitrogen and oxygen atoms in total. The number of nitrogen functional groups attached to an aromatic ring is 1. The minimum Gasteiger partial charge on any atom is -0.463 e. The Hall–Kier alpha value is -1.59. The van der Waals surface area contributed by atoms with Gasteiger partial charge in [-0.1, -0.05) is 33.6 Å². The molecule has 1 aliphatic carbocycles. The predicted molar refractivity (Wildman–Crippen MR) is 79.6 cm³/mol. The highest BCUT2D eigenvalue weighted by Gasteiger charge is 2.27. The summed E-state index contributed by atoms with van der Waals surface area (Å²) in [4.78, 5) is 12.4. The maximum Gasteiger partial charge on any atom is 0.323 e. The number of anilines is 2. The van der Waals surface area contributed by atoms with Gasteiger partial charge in [-0.25, -0.2) is 0 Å². The molecule has 1 saturated carbocycles. The van der Waals surface area contributed by atoms with Crippen molar-refractivity contribution < 1.29 is 4.74 Å². The topological polar surface area (TPSA) is 86.0 Å². The number of ether oxygens (including phenoxy) is 1. The standard InChI is InChI=1S/C14H25N5O/c1-4-8-20-14-18-12(15)17-13(19-14)16-11-7-5-6-9(2)10(11)3/h9-11H,4-8H2,1-3H3,(H3,15,16,17,18,19). The smallest absolute Gasteiger partial charge is 0.323 e. The van der Waals surface area contributed by atoms with E-state index in [2.05, 4.69) is 34.1 Å². The number of hydrogen-bond acceptors (Lipinski definition) is 6. The van der Waals surface area contributed by atoms with Crippen LogP contribution >= 0.6 is 0 Å². The van der Waals surface area contributed by atoms with Crippen LogP contribution in [0.2, 0.25) is 0 Å². The highest BCUT2D eigenvalue weighted by molar-refractivity contribution is 5.33. The molecule has 0 aromatic carbocycles. The number of aromatic nitrogens is 3. The molecule has 0 radical (unpaired) electrons. The minimum absolute atomic E-state index is 0.199. The van der Waals surface area contributed by atoms with Gasteiger partial charge < -0.3 is 15.8 Å². The van der Waals surface area contributed by atoms with Crippen LogP contribution in [0.3, 0.4) is 0 Å². The van der Waals surface area contributed by atoms with E-state index in [1.54, 1.807) is 0 Å². The molecule has 1 fully saturated rings. The molecule has 0 saturated heterocycles. The Morgan fingerprint density at radius 2 is 2.05 bits per heavy atom. The van der Waals surface area contributed by atoms with Gasteiger partial charge in [0.2, 0.25) is 11.9 Å². The molecule has 1 heterocycles. The molecule has 112 valence electrons.